The summed E-state index contributed by atoms with van der Waals surface area (Å²) in [6.45, 7) is 6.52. The highest BCUT2D eigenvalue weighted by atomic mass is 16.6. The molecule has 38 heavy (non-hydrogen) atoms. The molecule has 3 N–H and O–H groups in total. The van der Waals surface area contributed by atoms with Gasteiger partial charge >= 0.3 is 6.09 Å². The molecule has 3 rings (SSSR count). The lowest BCUT2D eigenvalue weighted by Crippen LogP contribution is -2.54. The number of imide groups is 2. The Morgan fingerprint density at radius 1 is 0.921 bits per heavy atom. The van der Waals surface area contributed by atoms with Crippen molar-refractivity contribution >= 4 is 35.6 Å². The van der Waals surface area contributed by atoms with Crippen LogP contribution in [0, 0.1) is 0 Å². The van der Waals surface area contributed by atoms with Gasteiger partial charge in [-0.1, -0.05) is 25.7 Å². The molecule has 1 fully saturated rings. The van der Waals surface area contributed by atoms with E-state index in [1.807, 2.05) is 20.8 Å². The van der Waals surface area contributed by atoms with Crippen molar-refractivity contribution in [3.8, 4) is 0 Å². The molecule has 0 aromatic heterocycles. The van der Waals surface area contributed by atoms with Crippen molar-refractivity contribution in [3.63, 3.8) is 0 Å². The van der Waals surface area contributed by atoms with Crippen molar-refractivity contribution in [2.75, 3.05) is 13.1 Å². The number of hydrogen-bond acceptors (Lipinski definition) is 7. The smallest absolute Gasteiger partial charge is 0.407 e. The van der Waals surface area contributed by atoms with Crippen LogP contribution in [0.5, 0.6) is 0 Å². The molecule has 2 aliphatic rings. The second-order valence-electron chi connectivity index (χ2n) is 10.5. The number of unbranched alkanes of at least 4 members (excludes halogenated alkanes) is 5. The third-order valence-electron chi connectivity index (χ3n) is 6.26. The zero-order valence-electron chi connectivity index (χ0n) is 22.2. The summed E-state index contributed by atoms with van der Waals surface area (Å²) < 4.78 is 5.19. The number of ether oxygens (including phenoxy) is 1. The van der Waals surface area contributed by atoms with Gasteiger partial charge in [0.15, 0.2) is 0 Å². The minimum absolute atomic E-state index is 0.0444. The van der Waals surface area contributed by atoms with E-state index in [1.165, 1.54) is 18.2 Å². The van der Waals surface area contributed by atoms with Crippen molar-refractivity contribution in [3.05, 3.63) is 34.9 Å². The number of piperidine rings is 1. The molecule has 1 unspecified atom stereocenters. The number of amides is 6. The first-order chi connectivity index (χ1) is 18.0. The monoisotopic (exact) mass is 528 g/mol. The molecule has 206 valence electrons. The number of benzene rings is 1. The molecule has 0 bridgehead atoms. The zero-order chi connectivity index (χ0) is 27.9. The number of carbonyl (C=O) groups is 6. The van der Waals surface area contributed by atoms with Crippen LogP contribution in [0.2, 0.25) is 0 Å². The van der Waals surface area contributed by atoms with Crippen LogP contribution in [0.15, 0.2) is 18.2 Å². The molecular weight excluding hydrogens is 492 g/mol. The summed E-state index contributed by atoms with van der Waals surface area (Å²) in [5.41, 5.74) is -0.0336. The van der Waals surface area contributed by atoms with E-state index in [0.29, 0.717) is 13.1 Å². The Hall–Kier alpha value is -3.76. The van der Waals surface area contributed by atoms with Crippen molar-refractivity contribution < 1.29 is 33.5 Å². The molecule has 2 heterocycles. The maximum atomic E-state index is 12.9. The van der Waals surface area contributed by atoms with E-state index in [4.69, 9.17) is 4.74 Å². The number of hydrogen-bond donors (Lipinski definition) is 3. The second kappa shape index (κ2) is 12.7. The number of alkyl carbamates (subject to hydrolysis) is 1. The third-order valence-corrected chi connectivity index (χ3v) is 6.26. The van der Waals surface area contributed by atoms with E-state index in [1.54, 1.807) is 0 Å². The van der Waals surface area contributed by atoms with Gasteiger partial charge in [0.25, 0.3) is 17.7 Å². The summed E-state index contributed by atoms with van der Waals surface area (Å²) in [6, 6.07) is 3.24. The van der Waals surface area contributed by atoms with Crippen LogP contribution < -0.4 is 16.0 Å². The lowest BCUT2D eigenvalue weighted by atomic mass is 10.0. The first-order valence-corrected chi connectivity index (χ1v) is 13.1. The summed E-state index contributed by atoms with van der Waals surface area (Å²) in [7, 11) is 0. The molecule has 2 aliphatic heterocycles. The number of fused-ring (bicyclic) bond motifs is 1. The van der Waals surface area contributed by atoms with E-state index in [-0.39, 0.29) is 35.4 Å². The van der Waals surface area contributed by atoms with Crippen LogP contribution in [0.3, 0.4) is 0 Å². The van der Waals surface area contributed by atoms with Crippen LogP contribution in [0.25, 0.3) is 0 Å². The zero-order valence-corrected chi connectivity index (χ0v) is 22.2. The van der Waals surface area contributed by atoms with E-state index in [0.717, 1.165) is 43.4 Å². The predicted molar refractivity (Wildman–Crippen MR) is 137 cm³/mol. The first kappa shape index (κ1) is 28.8. The molecular formula is C27H36N4O7. The van der Waals surface area contributed by atoms with Crippen molar-refractivity contribution in [1.29, 1.82) is 0 Å². The van der Waals surface area contributed by atoms with Gasteiger partial charge < -0.3 is 15.4 Å². The average Bonchev–Trinajstić information content (AvgIpc) is 3.08. The van der Waals surface area contributed by atoms with Crippen molar-refractivity contribution in [2.45, 2.75) is 83.8 Å². The summed E-state index contributed by atoms with van der Waals surface area (Å²) >= 11 is 0. The SMILES string of the molecule is CC(C)(C)OC(=O)NCCCCCCCCNC(=O)c1ccc2c(c1)C(=O)N(C1CCC(=O)NC1=O)C2=O. The highest BCUT2D eigenvalue weighted by molar-refractivity contribution is 6.24. The van der Waals surface area contributed by atoms with Crippen LogP contribution in [-0.2, 0) is 14.3 Å². The minimum atomic E-state index is -1.04. The van der Waals surface area contributed by atoms with Gasteiger partial charge in [-0.2, -0.15) is 0 Å². The van der Waals surface area contributed by atoms with Crippen molar-refractivity contribution in [2.24, 2.45) is 0 Å². The van der Waals surface area contributed by atoms with Crippen molar-refractivity contribution in [1.82, 2.24) is 20.9 Å². The molecule has 11 heteroatoms. The predicted octanol–water partition coefficient (Wildman–Crippen LogP) is 2.68. The van der Waals surface area contributed by atoms with Crippen LogP contribution in [-0.4, -0.2) is 65.3 Å². The molecule has 1 aromatic rings. The Bertz CT molecular complexity index is 1110. The summed E-state index contributed by atoms with van der Waals surface area (Å²) in [5.74, 6) is -2.70. The Morgan fingerprint density at radius 2 is 1.53 bits per heavy atom. The Balaban J connectivity index is 1.35. The van der Waals surface area contributed by atoms with Crippen LogP contribution >= 0.6 is 0 Å². The molecule has 11 nitrogen and oxygen atoms in total. The fourth-order valence-electron chi connectivity index (χ4n) is 4.38. The molecule has 1 saturated heterocycles. The molecule has 1 atom stereocenters. The Labute approximate surface area is 222 Å². The van der Waals surface area contributed by atoms with E-state index in [9.17, 15) is 28.8 Å². The van der Waals surface area contributed by atoms with Gasteiger partial charge in [-0.15, -0.1) is 0 Å². The van der Waals surface area contributed by atoms with Gasteiger partial charge in [-0.05, 0) is 58.2 Å². The molecule has 0 saturated carbocycles. The standard InChI is InChI=1S/C27H36N4O7/c1-27(2,3)38-26(37)29-15-9-7-5-4-6-8-14-28-22(33)17-10-11-18-19(16-17)25(36)31(24(18)35)20-12-13-21(32)30-23(20)34/h10-11,16,20H,4-9,12-15H2,1-3H3,(H,28,33)(H,29,37)(H,30,32,34). The molecule has 0 aliphatic carbocycles. The van der Waals surface area contributed by atoms with Gasteiger partial charge in [0.1, 0.15) is 11.6 Å². The van der Waals surface area contributed by atoms with Gasteiger partial charge in [-0.25, -0.2) is 4.79 Å². The quantitative estimate of drug-likeness (QED) is 0.295. The highest BCUT2D eigenvalue weighted by Gasteiger charge is 2.44. The van der Waals surface area contributed by atoms with E-state index in [2.05, 4.69) is 16.0 Å². The highest BCUT2D eigenvalue weighted by Crippen LogP contribution is 2.28. The number of carbonyl (C=O) groups excluding carboxylic acids is 6. The minimum Gasteiger partial charge on any atom is -0.444 e. The van der Waals surface area contributed by atoms with Crippen LogP contribution in [0.1, 0.15) is 103 Å². The maximum absolute atomic E-state index is 12.9. The fourth-order valence-corrected chi connectivity index (χ4v) is 4.38. The molecule has 0 spiro atoms. The van der Waals surface area contributed by atoms with E-state index >= 15 is 0 Å². The fraction of sp³-hybridized carbons (Fsp3) is 0.556. The van der Waals surface area contributed by atoms with E-state index < -0.39 is 41.4 Å². The van der Waals surface area contributed by atoms with Gasteiger partial charge in [0.05, 0.1) is 11.1 Å². The van der Waals surface area contributed by atoms with Gasteiger partial charge in [0.2, 0.25) is 11.8 Å². The van der Waals surface area contributed by atoms with Crippen LogP contribution in [0.4, 0.5) is 4.79 Å². The lowest BCUT2D eigenvalue weighted by Gasteiger charge is -2.27. The Morgan fingerprint density at radius 3 is 2.16 bits per heavy atom. The number of nitrogens with zero attached hydrogens (tertiary/aromatic N) is 1. The normalized spacial score (nSPS) is 17.2. The van der Waals surface area contributed by atoms with Gasteiger partial charge in [0, 0.05) is 25.1 Å². The molecule has 0 radical (unpaired) electrons. The summed E-state index contributed by atoms with van der Waals surface area (Å²) in [4.78, 5) is 74.3. The summed E-state index contributed by atoms with van der Waals surface area (Å²) in [5, 5.41) is 7.73. The second-order valence-corrected chi connectivity index (χ2v) is 10.5. The molecule has 6 amide bonds. The number of nitrogens with one attached hydrogen (secondary N) is 3. The average molecular weight is 529 g/mol. The maximum Gasteiger partial charge on any atom is 0.407 e. The molecule has 1 aromatic carbocycles. The summed E-state index contributed by atoms with van der Waals surface area (Å²) in [6.07, 6.45) is 5.35. The first-order valence-electron chi connectivity index (χ1n) is 13.1. The topological polar surface area (TPSA) is 151 Å². The third kappa shape index (κ3) is 7.62. The number of rotatable bonds is 11. The Kier molecular flexibility index (Phi) is 9.60. The largest absolute Gasteiger partial charge is 0.444 e. The lowest BCUT2D eigenvalue weighted by molar-refractivity contribution is -0.136. The van der Waals surface area contributed by atoms with Gasteiger partial charge in [-0.3, -0.25) is 34.2 Å².